The first-order valence-corrected chi connectivity index (χ1v) is 9.17. The zero-order valence-corrected chi connectivity index (χ0v) is 15.4. The molecule has 0 saturated carbocycles. The summed E-state index contributed by atoms with van der Waals surface area (Å²) in [5.41, 5.74) is 2.20. The average molecular weight is 354 g/mol. The number of aromatic nitrogens is 2. The fourth-order valence-electron chi connectivity index (χ4n) is 3.40. The van der Waals surface area contributed by atoms with Crippen molar-refractivity contribution in [3.05, 3.63) is 53.9 Å². The second kappa shape index (κ2) is 8.17. The van der Waals surface area contributed by atoms with Crippen LogP contribution in [0.2, 0.25) is 0 Å². The molecule has 0 bridgehead atoms. The van der Waals surface area contributed by atoms with Crippen molar-refractivity contribution in [2.75, 3.05) is 6.54 Å². The Balaban J connectivity index is 1.56. The highest BCUT2D eigenvalue weighted by molar-refractivity contribution is 5.88. The van der Waals surface area contributed by atoms with Gasteiger partial charge in [-0.1, -0.05) is 38.1 Å². The van der Waals surface area contributed by atoms with Gasteiger partial charge in [-0.15, -0.1) is 0 Å². The lowest BCUT2D eigenvalue weighted by Gasteiger charge is -2.29. The molecule has 138 valence electrons. The van der Waals surface area contributed by atoms with Crippen LogP contribution >= 0.6 is 0 Å². The Kier molecular flexibility index (Phi) is 5.71. The van der Waals surface area contributed by atoms with Crippen LogP contribution in [-0.4, -0.2) is 39.1 Å². The normalized spacial score (nSPS) is 15.5. The Labute approximate surface area is 154 Å². The Morgan fingerprint density at radius 3 is 2.54 bits per heavy atom. The van der Waals surface area contributed by atoms with Crippen molar-refractivity contribution >= 4 is 11.8 Å². The Bertz CT molecular complexity index is 738. The minimum atomic E-state index is -0.385. The number of carbonyl (C=O) groups is 2. The van der Waals surface area contributed by atoms with Crippen LogP contribution in [0.3, 0.4) is 0 Å². The second-order valence-electron chi connectivity index (χ2n) is 7.12. The average Bonchev–Trinajstić information content (AvgIpc) is 3.27. The van der Waals surface area contributed by atoms with Gasteiger partial charge in [-0.2, -0.15) is 5.10 Å². The topological polar surface area (TPSA) is 67.2 Å². The molecular formula is C20H26N4O2. The molecule has 0 spiro atoms. The van der Waals surface area contributed by atoms with E-state index in [1.54, 1.807) is 11.1 Å². The van der Waals surface area contributed by atoms with Gasteiger partial charge in [0.2, 0.25) is 11.8 Å². The van der Waals surface area contributed by atoms with E-state index in [1.165, 1.54) is 0 Å². The largest absolute Gasteiger partial charge is 0.350 e. The Morgan fingerprint density at radius 2 is 1.96 bits per heavy atom. The summed E-state index contributed by atoms with van der Waals surface area (Å²) in [7, 11) is 0. The van der Waals surface area contributed by atoms with E-state index in [4.69, 9.17) is 0 Å². The third-order valence-electron chi connectivity index (χ3n) is 4.74. The Morgan fingerprint density at radius 1 is 1.23 bits per heavy atom. The number of rotatable bonds is 7. The molecule has 1 aromatic carbocycles. The number of amides is 2. The molecule has 1 atom stereocenters. The van der Waals surface area contributed by atoms with Gasteiger partial charge in [0, 0.05) is 31.9 Å². The maximum Gasteiger partial charge on any atom is 0.243 e. The van der Waals surface area contributed by atoms with Crippen LogP contribution in [0.1, 0.15) is 37.8 Å². The van der Waals surface area contributed by atoms with E-state index in [0.717, 1.165) is 24.1 Å². The highest BCUT2D eigenvalue weighted by Gasteiger charge is 2.34. The molecule has 6 heteroatoms. The zero-order chi connectivity index (χ0) is 18.5. The van der Waals surface area contributed by atoms with Crippen molar-refractivity contribution in [2.45, 2.75) is 45.8 Å². The lowest BCUT2D eigenvalue weighted by molar-refractivity contribution is -0.139. The van der Waals surface area contributed by atoms with E-state index in [0.29, 0.717) is 19.5 Å². The number of hydrogen-bond donors (Lipinski definition) is 1. The highest BCUT2D eigenvalue weighted by Crippen LogP contribution is 2.19. The quantitative estimate of drug-likeness (QED) is 0.829. The van der Waals surface area contributed by atoms with Crippen LogP contribution in [0.4, 0.5) is 0 Å². The molecule has 26 heavy (non-hydrogen) atoms. The second-order valence-corrected chi connectivity index (χ2v) is 7.12. The fraction of sp³-hybridized carbons (Fsp3) is 0.450. The van der Waals surface area contributed by atoms with Crippen molar-refractivity contribution in [1.29, 1.82) is 0 Å². The van der Waals surface area contributed by atoms with Crippen LogP contribution in [0.5, 0.6) is 0 Å². The number of nitrogens with zero attached hydrogens (tertiary/aromatic N) is 3. The summed E-state index contributed by atoms with van der Waals surface area (Å²) in [6.45, 7) is 5.84. The van der Waals surface area contributed by atoms with Crippen LogP contribution in [-0.2, 0) is 22.7 Å². The maximum absolute atomic E-state index is 12.7. The van der Waals surface area contributed by atoms with Crippen molar-refractivity contribution < 1.29 is 9.59 Å². The summed E-state index contributed by atoms with van der Waals surface area (Å²) < 4.78 is 1.87. The number of benzene rings is 1. The summed E-state index contributed by atoms with van der Waals surface area (Å²) >= 11 is 0. The van der Waals surface area contributed by atoms with Gasteiger partial charge < -0.3 is 10.2 Å². The summed E-state index contributed by atoms with van der Waals surface area (Å²) in [5.74, 6) is 0.103. The molecule has 0 radical (unpaired) electrons. The fourth-order valence-corrected chi connectivity index (χ4v) is 3.40. The molecule has 0 aliphatic carbocycles. The minimum absolute atomic E-state index is 0.0733. The van der Waals surface area contributed by atoms with Gasteiger partial charge in [-0.05, 0) is 29.5 Å². The first-order chi connectivity index (χ1) is 12.5. The molecule has 1 aliphatic rings. The molecule has 1 aliphatic heterocycles. The van der Waals surface area contributed by atoms with E-state index in [1.807, 2.05) is 55.1 Å². The number of nitrogens with one attached hydrogen (secondary N) is 1. The van der Waals surface area contributed by atoms with Crippen LogP contribution in [0.15, 0.2) is 42.7 Å². The smallest absolute Gasteiger partial charge is 0.243 e. The molecule has 2 amide bonds. The van der Waals surface area contributed by atoms with Gasteiger partial charge in [-0.25, -0.2) is 0 Å². The van der Waals surface area contributed by atoms with Crippen molar-refractivity contribution in [1.82, 2.24) is 20.0 Å². The first kappa shape index (κ1) is 18.2. The third kappa shape index (κ3) is 4.31. The lowest BCUT2D eigenvalue weighted by Crippen LogP contribution is -2.50. The van der Waals surface area contributed by atoms with Crippen LogP contribution in [0, 0.1) is 5.92 Å². The molecule has 2 aromatic rings. The van der Waals surface area contributed by atoms with Crippen molar-refractivity contribution in [3.8, 4) is 0 Å². The molecule has 1 fully saturated rings. The predicted octanol–water partition coefficient (Wildman–Crippen LogP) is 2.19. The molecule has 2 heterocycles. The number of likely N-dealkylation sites (tertiary alicyclic amines) is 1. The van der Waals surface area contributed by atoms with Crippen molar-refractivity contribution in [3.63, 3.8) is 0 Å². The number of hydrogen-bond acceptors (Lipinski definition) is 3. The predicted molar refractivity (Wildman–Crippen MR) is 99.2 cm³/mol. The monoisotopic (exact) mass is 354 g/mol. The van der Waals surface area contributed by atoms with Crippen LogP contribution < -0.4 is 5.32 Å². The summed E-state index contributed by atoms with van der Waals surface area (Å²) in [6.07, 6.45) is 5.08. The molecule has 1 unspecified atom stereocenters. The van der Waals surface area contributed by atoms with Crippen molar-refractivity contribution in [2.24, 2.45) is 5.92 Å². The van der Waals surface area contributed by atoms with Gasteiger partial charge in [-0.3, -0.25) is 14.3 Å². The first-order valence-electron chi connectivity index (χ1n) is 9.17. The van der Waals surface area contributed by atoms with Gasteiger partial charge in [0.25, 0.3) is 0 Å². The van der Waals surface area contributed by atoms with Gasteiger partial charge in [0.15, 0.2) is 0 Å². The standard InChI is InChI=1S/C20H26N4O2/c1-15(2)19(24-12-3-5-18(24)25)20(26)21-13-16-6-8-17(9-7-16)14-23-11-4-10-22-23/h4,6-11,15,19H,3,5,12-14H2,1-2H3,(H,21,26). The van der Waals surface area contributed by atoms with E-state index >= 15 is 0 Å². The van der Waals surface area contributed by atoms with Gasteiger partial charge in [0.1, 0.15) is 6.04 Å². The third-order valence-corrected chi connectivity index (χ3v) is 4.74. The molecule has 6 nitrogen and oxygen atoms in total. The number of carbonyl (C=O) groups excluding carboxylic acids is 2. The lowest BCUT2D eigenvalue weighted by atomic mass is 10.0. The van der Waals surface area contributed by atoms with E-state index in [2.05, 4.69) is 10.4 Å². The van der Waals surface area contributed by atoms with E-state index in [9.17, 15) is 9.59 Å². The van der Waals surface area contributed by atoms with Crippen LogP contribution in [0.25, 0.3) is 0 Å². The molecule has 1 saturated heterocycles. The summed E-state index contributed by atoms with van der Waals surface area (Å²) in [5, 5.41) is 7.19. The van der Waals surface area contributed by atoms with E-state index in [-0.39, 0.29) is 23.8 Å². The zero-order valence-electron chi connectivity index (χ0n) is 15.4. The van der Waals surface area contributed by atoms with Gasteiger partial charge >= 0.3 is 0 Å². The molecule has 3 rings (SSSR count). The van der Waals surface area contributed by atoms with E-state index < -0.39 is 0 Å². The highest BCUT2D eigenvalue weighted by atomic mass is 16.2. The molecule has 1 aromatic heterocycles. The SMILES string of the molecule is CC(C)C(C(=O)NCc1ccc(Cn2cccn2)cc1)N1CCCC1=O. The molecular weight excluding hydrogens is 328 g/mol. The Hall–Kier alpha value is -2.63. The summed E-state index contributed by atoms with van der Waals surface area (Å²) in [4.78, 5) is 26.4. The maximum atomic E-state index is 12.7. The molecule has 1 N–H and O–H groups in total. The minimum Gasteiger partial charge on any atom is -0.350 e. The van der Waals surface area contributed by atoms with Gasteiger partial charge in [0.05, 0.1) is 6.54 Å². The summed E-state index contributed by atoms with van der Waals surface area (Å²) in [6, 6.07) is 9.65.